The Labute approximate surface area is 212 Å². The van der Waals surface area contributed by atoms with Crippen molar-refractivity contribution < 1.29 is 9.53 Å². The van der Waals surface area contributed by atoms with Crippen LogP contribution in [0.25, 0.3) is 0 Å². The van der Waals surface area contributed by atoms with Crippen molar-refractivity contribution >= 4 is 45.6 Å². The Morgan fingerprint density at radius 3 is 2.85 bits per heavy atom. The molecule has 1 aromatic carbocycles. The van der Waals surface area contributed by atoms with E-state index in [1.807, 2.05) is 11.5 Å². The standard InChI is InChI=1S/C24H26ClN5O2S2/c1-3-15-5-10-18-19(12-26)23(34-20(18)11-15)27-22(31)14-33-24-29-28-21(30(24)4-2)13-32-17-8-6-16(25)7-9-17/h6-9,15H,3-5,10-11,13-14H2,1-2H3,(H,27,31). The molecule has 178 valence electrons. The van der Waals surface area contributed by atoms with Crippen LogP contribution in [0.4, 0.5) is 5.00 Å². The van der Waals surface area contributed by atoms with Crippen LogP contribution in [0.15, 0.2) is 29.4 Å². The lowest BCUT2D eigenvalue weighted by atomic mass is 9.86. The first-order valence-corrected chi connectivity index (χ1v) is 13.5. The molecule has 1 atom stereocenters. The van der Waals surface area contributed by atoms with Crippen molar-refractivity contribution in [1.82, 2.24) is 14.8 Å². The van der Waals surface area contributed by atoms with Gasteiger partial charge in [0.25, 0.3) is 0 Å². The monoisotopic (exact) mass is 515 g/mol. The number of hydrogen-bond acceptors (Lipinski definition) is 7. The lowest BCUT2D eigenvalue weighted by Crippen LogP contribution is -2.15. The number of carbonyl (C=O) groups excluding carboxylic acids is 1. The van der Waals surface area contributed by atoms with Gasteiger partial charge in [-0.05, 0) is 61.9 Å². The summed E-state index contributed by atoms with van der Waals surface area (Å²) in [6, 6.07) is 9.45. The van der Waals surface area contributed by atoms with Crippen molar-refractivity contribution in [3.05, 3.63) is 51.1 Å². The number of carbonyl (C=O) groups is 1. The fraction of sp³-hybridized carbons (Fsp3) is 0.417. The second kappa shape index (κ2) is 11.3. The molecule has 34 heavy (non-hydrogen) atoms. The van der Waals surface area contributed by atoms with Crippen LogP contribution in [-0.2, 0) is 30.8 Å². The first-order chi connectivity index (χ1) is 16.5. The Morgan fingerprint density at radius 1 is 1.35 bits per heavy atom. The molecule has 0 saturated heterocycles. The average molecular weight is 516 g/mol. The molecule has 0 fully saturated rings. The van der Waals surface area contributed by atoms with Gasteiger partial charge in [-0.1, -0.05) is 36.7 Å². The smallest absolute Gasteiger partial charge is 0.235 e. The number of nitrogens with zero attached hydrogens (tertiary/aromatic N) is 4. The fourth-order valence-electron chi connectivity index (χ4n) is 4.03. The van der Waals surface area contributed by atoms with Crippen molar-refractivity contribution in [3.63, 3.8) is 0 Å². The van der Waals surface area contributed by atoms with E-state index in [1.54, 1.807) is 35.6 Å². The third kappa shape index (κ3) is 5.57. The lowest BCUT2D eigenvalue weighted by molar-refractivity contribution is -0.113. The molecular formula is C24H26ClN5O2S2. The van der Waals surface area contributed by atoms with E-state index in [2.05, 4.69) is 28.5 Å². The minimum atomic E-state index is -0.156. The van der Waals surface area contributed by atoms with Crippen LogP contribution in [0.3, 0.4) is 0 Å². The van der Waals surface area contributed by atoms with Gasteiger partial charge in [-0.3, -0.25) is 4.79 Å². The van der Waals surface area contributed by atoms with Gasteiger partial charge in [0.1, 0.15) is 23.4 Å². The highest BCUT2D eigenvalue weighted by molar-refractivity contribution is 7.99. The summed E-state index contributed by atoms with van der Waals surface area (Å²) in [5.74, 6) is 2.07. The molecular weight excluding hydrogens is 490 g/mol. The number of halogens is 1. The van der Waals surface area contributed by atoms with Crippen molar-refractivity contribution in [2.45, 2.75) is 57.8 Å². The maximum atomic E-state index is 12.7. The Morgan fingerprint density at radius 2 is 2.15 bits per heavy atom. The number of hydrogen-bond donors (Lipinski definition) is 1. The zero-order valence-electron chi connectivity index (χ0n) is 19.1. The normalized spacial score (nSPS) is 14.9. The van der Waals surface area contributed by atoms with Crippen LogP contribution in [0.1, 0.15) is 48.5 Å². The summed E-state index contributed by atoms with van der Waals surface area (Å²) in [6.07, 6.45) is 4.16. The molecule has 2 aromatic heterocycles. The number of ether oxygens (including phenoxy) is 1. The van der Waals surface area contributed by atoms with Crippen molar-refractivity contribution in [3.8, 4) is 11.8 Å². The molecule has 1 unspecified atom stereocenters. The zero-order chi connectivity index (χ0) is 24.1. The highest BCUT2D eigenvalue weighted by Gasteiger charge is 2.26. The molecule has 0 spiro atoms. The summed E-state index contributed by atoms with van der Waals surface area (Å²) in [4.78, 5) is 13.9. The Kier molecular flexibility index (Phi) is 8.14. The molecule has 1 N–H and O–H groups in total. The van der Waals surface area contributed by atoms with Crippen LogP contribution >= 0.6 is 34.7 Å². The van der Waals surface area contributed by atoms with Gasteiger partial charge in [0, 0.05) is 16.4 Å². The Bertz CT molecular complexity index is 1200. The van der Waals surface area contributed by atoms with Gasteiger partial charge >= 0.3 is 0 Å². The van der Waals surface area contributed by atoms with Crippen LogP contribution in [0.2, 0.25) is 5.02 Å². The minimum Gasteiger partial charge on any atom is -0.486 e. The zero-order valence-corrected chi connectivity index (χ0v) is 21.5. The van der Waals surface area contributed by atoms with Crippen LogP contribution in [0, 0.1) is 17.2 Å². The molecule has 0 aliphatic heterocycles. The summed E-state index contributed by atoms with van der Waals surface area (Å²) in [5.41, 5.74) is 1.75. The highest BCUT2D eigenvalue weighted by Crippen LogP contribution is 2.40. The number of thioether (sulfide) groups is 1. The number of nitriles is 1. The summed E-state index contributed by atoms with van der Waals surface area (Å²) >= 11 is 8.79. The number of anilines is 1. The largest absolute Gasteiger partial charge is 0.486 e. The number of thiophene rings is 1. The maximum Gasteiger partial charge on any atom is 0.235 e. The van der Waals surface area contributed by atoms with Gasteiger partial charge in [0.15, 0.2) is 11.0 Å². The fourth-order valence-corrected chi connectivity index (χ4v) is 6.31. The molecule has 0 radical (unpaired) electrons. The van der Waals surface area contributed by atoms with Crippen LogP contribution in [0.5, 0.6) is 5.75 Å². The summed E-state index contributed by atoms with van der Waals surface area (Å²) in [6.45, 7) is 5.13. The quantitative estimate of drug-likeness (QED) is 0.367. The second-order valence-electron chi connectivity index (χ2n) is 8.06. The van der Waals surface area contributed by atoms with E-state index in [0.29, 0.717) is 44.8 Å². The van der Waals surface area contributed by atoms with Crippen LogP contribution < -0.4 is 10.1 Å². The van der Waals surface area contributed by atoms with Gasteiger partial charge < -0.3 is 14.6 Å². The van der Waals surface area contributed by atoms with Crippen LogP contribution in [-0.4, -0.2) is 26.4 Å². The predicted molar refractivity (Wildman–Crippen MR) is 136 cm³/mol. The van der Waals surface area contributed by atoms with E-state index in [1.165, 1.54) is 16.6 Å². The third-order valence-corrected chi connectivity index (χ3v) is 8.32. The number of fused-ring (bicyclic) bond motifs is 1. The van der Waals surface area contributed by atoms with Crippen molar-refractivity contribution in [2.75, 3.05) is 11.1 Å². The van der Waals surface area contributed by atoms with E-state index < -0.39 is 0 Å². The van der Waals surface area contributed by atoms with Gasteiger partial charge in [-0.25, -0.2) is 0 Å². The first kappa shape index (κ1) is 24.6. The molecule has 0 saturated carbocycles. The summed E-state index contributed by atoms with van der Waals surface area (Å²) < 4.78 is 7.72. The van der Waals surface area contributed by atoms with E-state index in [4.69, 9.17) is 16.3 Å². The summed E-state index contributed by atoms with van der Waals surface area (Å²) in [5, 5.41) is 23.1. The number of nitrogens with one attached hydrogen (secondary N) is 1. The van der Waals surface area contributed by atoms with Crippen molar-refractivity contribution in [1.29, 1.82) is 5.26 Å². The van der Waals surface area contributed by atoms with Gasteiger partial charge in [0.2, 0.25) is 5.91 Å². The highest BCUT2D eigenvalue weighted by atomic mass is 35.5. The number of amides is 1. The molecule has 7 nitrogen and oxygen atoms in total. The topological polar surface area (TPSA) is 92.8 Å². The van der Waals surface area contributed by atoms with E-state index in [9.17, 15) is 10.1 Å². The second-order valence-corrected chi connectivity index (χ2v) is 10.5. The molecule has 2 heterocycles. The van der Waals surface area contributed by atoms with Gasteiger partial charge in [-0.15, -0.1) is 21.5 Å². The predicted octanol–water partition coefficient (Wildman–Crippen LogP) is 5.71. The Hall–Kier alpha value is -2.54. The molecule has 4 rings (SSSR count). The molecule has 1 amide bonds. The van der Waals surface area contributed by atoms with Gasteiger partial charge in [0.05, 0.1) is 11.3 Å². The molecule has 1 aliphatic rings. The molecule has 1 aliphatic carbocycles. The maximum absolute atomic E-state index is 12.7. The van der Waals surface area contributed by atoms with E-state index >= 15 is 0 Å². The SMILES string of the molecule is CCC1CCc2c(sc(NC(=O)CSc3nnc(COc4ccc(Cl)cc4)n3CC)c2C#N)C1. The third-order valence-electron chi connectivity index (χ3n) is 5.93. The number of aromatic nitrogens is 3. The Balaban J connectivity index is 1.37. The first-order valence-electron chi connectivity index (χ1n) is 11.3. The van der Waals surface area contributed by atoms with E-state index in [-0.39, 0.29) is 18.3 Å². The average Bonchev–Trinajstić information content (AvgIpc) is 3.41. The van der Waals surface area contributed by atoms with Gasteiger partial charge in [-0.2, -0.15) is 5.26 Å². The molecule has 10 heteroatoms. The van der Waals surface area contributed by atoms with Crippen molar-refractivity contribution in [2.24, 2.45) is 5.92 Å². The van der Waals surface area contributed by atoms with E-state index in [0.717, 1.165) is 31.2 Å². The lowest BCUT2D eigenvalue weighted by Gasteiger charge is -2.20. The number of benzene rings is 1. The minimum absolute atomic E-state index is 0.156. The molecule has 3 aromatic rings. The number of rotatable bonds is 9. The molecule has 0 bridgehead atoms. The summed E-state index contributed by atoms with van der Waals surface area (Å²) in [7, 11) is 0.